The van der Waals surface area contributed by atoms with Gasteiger partial charge in [-0.2, -0.15) is 0 Å². The van der Waals surface area contributed by atoms with Crippen LogP contribution in [0.2, 0.25) is 0 Å². The molecule has 25 heavy (non-hydrogen) atoms. The zero-order valence-corrected chi connectivity index (χ0v) is 14.2. The molecule has 1 saturated heterocycles. The van der Waals surface area contributed by atoms with E-state index in [0.29, 0.717) is 11.5 Å². The van der Waals surface area contributed by atoms with Crippen LogP contribution in [0.3, 0.4) is 0 Å². The number of aromatic nitrogens is 3. The van der Waals surface area contributed by atoms with Crippen molar-refractivity contribution in [2.45, 2.75) is 19.3 Å². The minimum absolute atomic E-state index is 0.0563. The lowest BCUT2D eigenvalue weighted by atomic mass is 9.94. The molecule has 1 unspecified atom stereocenters. The number of rotatable bonds is 3. The van der Waals surface area contributed by atoms with E-state index >= 15 is 0 Å². The fraction of sp³-hybridized carbons (Fsp3) is 0.250. The average Bonchev–Trinajstić information content (AvgIpc) is 3.34. The molecule has 126 valence electrons. The molecule has 1 amide bonds. The number of likely N-dealkylation sites (tertiary alicyclic amines) is 1. The zero-order chi connectivity index (χ0) is 17.2. The van der Waals surface area contributed by atoms with Crippen molar-refractivity contribution in [2.24, 2.45) is 0 Å². The Morgan fingerprint density at radius 1 is 1.20 bits per heavy atom. The van der Waals surface area contributed by atoms with E-state index in [0.717, 1.165) is 25.3 Å². The van der Waals surface area contributed by atoms with Crippen LogP contribution in [0.1, 0.15) is 33.8 Å². The minimum Gasteiger partial charge on any atom is -0.338 e. The first kappa shape index (κ1) is 15.6. The van der Waals surface area contributed by atoms with Crippen LogP contribution in [0.5, 0.6) is 0 Å². The number of carbonyl (C=O) groups is 1. The molecule has 3 heterocycles. The molecule has 0 aliphatic carbocycles. The molecule has 0 saturated carbocycles. The third-order valence-electron chi connectivity index (χ3n) is 4.87. The Balaban J connectivity index is 1.48. The van der Waals surface area contributed by atoms with Crippen molar-refractivity contribution in [3.63, 3.8) is 0 Å². The quantitative estimate of drug-likeness (QED) is 0.740. The van der Waals surface area contributed by atoms with Gasteiger partial charge in [-0.15, -0.1) is 0 Å². The third-order valence-corrected chi connectivity index (χ3v) is 4.87. The Hall–Kier alpha value is -2.95. The lowest BCUT2D eigenvalue weighted by molar-refractivity contribution is 0.0790. The van der Waals surface area contributed by atoms with Gasteiger partial charge in [0.2, 0.25) is 0 Å². The van der Waals surface area contributed by atoms with Crippen LogP contribution >= 0.6 is 0 Å². The lowest BCUT2D eigenvalue weighted by Crippen LogP contribution is -2.28. The van der Waals surface area contributed by atoms with Gasteiger partial charge in [0.25, 0.3) is 5.91 Å². The van der Waals surface area contributed by atoms with Crippen LogP contribution < -0.4 is 0 Å². The van der Waals surface area contributed by atoms with Crippen molar-refractivity contribution in [1.29, 1.82) is 0 Å². The van der Waals surface area contributed by atoms with Gasteiger partial charge in [-0.25, -0.2) is 9.97 Å². The maximum Gasteiger partial charge on any atom is 0.255 e. The summed E-state index contributed by atoms with van der Waals surface area (Å²) in [4.78, 5) is 23.1. The van der Waals surface area contributed by atoms with Gasteiger partial charge in [0.05, 0.1) is 5.56 Å². The van der Waals surface area contributed by atoms with Crippen molar-refractivity contribution in [3.8, 4) is 5.82 Å². The average molecular weight is 332 g/mol. The normalized spacial score (nSPS) is 17.0. The van der Waals surface area contributed by atoms with Gasteiger partial charge in [-0.3, -0.25) is 9.36 Å². The lowest BCUT2D eigenvalue weighted by Gasteiger charge is -2.17. The first-order valence-electron chi connectivity index (χ1n) is 8.51. The molecule has 4 rings (SSSR count). The molecule has 1 fully saturated rings. The highest BCUT2D eigenvalue weighted by Crippen LogP contribution is 2.30. The Kier molecular flexibility index (Phi) is 4.06. The van der Waals surface area contributed by atoms with Crippen molar-refractivity contribution >= 4 is 5.91 Å². The van der Waals surface area contributed by atoms with Gasteiger partial charge in [-0.1, -0.05) is 24.3 Å². The second kappa shape index (κ2) is 6.51. The molecule has 3 aromatic rings. The highest BCUT2D eigenvalue weighted by Gasteiger charge is 2.28. The third kappa shape index (κ3) is 3.05. The molecule has 1 atom stereocenters. The number of nitrogens with zero attached hydrogens (tertiary/aromatic N) is 4. The van der Waals surface area contributed by atoms with Gasteiger partial charge >= 0.3 is 0 Å². The second-order valence-electron chi connectivity index (χ2n) is 6.47. The summed E-state index contributed by atoms with van der Waals surface area (Å²) in [5.74, 6) is 1.23. The summed E-state index contributed by atoms with van der Waals surface area (Å²) >= 11 is 0. The van der Waals surface area contributed by atoms with Gasteiger partial charge in [0.1, 0.15) is 12.1 Å². The maximum absolute atomic E-state index is 12.8. The number of benzene rings is 1. The van der Waals surface area contributed by atoms with Crippen LogP contribution in [-0.2, 0) is 0 Å². The number of imidazole rings is 1. The van der Waals surface area contributed by atoms with Crippen LogP contribution in [-0.4, -0.2) is 38.4 Å². The maximum atomic E-state index is 12.8. The highest BCUT2D eigenvalue weighted by molar-refractivity contribution is 5.94. The molecule has 2 aromatic heterocycles. The Bertz CT molecular complexity index is 871. The number of hydrogen-bond acceptors (Lipinski definition) is 3. The van der Waals surface area contributed by atoms with Gasteiger partial charge < -0.3 is 4.90 Å². The number of aryl methyl sites for hydroxylation is 1. The summed E-state index contributed by atoms with van der Waals surface area (Å²) in [5.41, 5.74) is 3.29. The van der Waals surface area contributed by atoms with Crippen LogP contribution in [0.25, 0.3) is 5.82 Å². The summed E-state index contributed by atoms with van der Waals surface area (Å²) in [6.07, 6.45) is 7.89. The van der Waals surface area contributed by atoms with E-state index in [1.54, 1.807) is 18.7 Å². The van der Waals surface area contributed by atoms with E-state index in [1.807, 2.05) is 27.8 Å². The van der Waals surface area contributed by atoms with E-state index in [-0.39, 0.29) is 5.91 Å². The highest BCUT2D eigenvalue weighted by atomic mass is 16.2. The van der Waals surface area contributed by atoms with Crippen molar-refractivity contribution in [2.75, 3.05) is 13.1 Å². The van der Waals surface area contributed by atoms with E-state index in [4.69, 9.17) is 0 Å². The van der Waals surface area contributed by atoms with E-state index in [9.17, 15) is 4.79 Å². The molecule has 0 radical (unpaired) electrons. The summed E-state index contributed by atoms with van der Waals surface area (Å²) in [5, 5.41) is 0. The first-order chi connectivity index (χ1) is 12.2. The topological polar surface area (TPSA) is 51.0 Å². The summed E-state index contributed by atoms with van der Waals surface area (Å²) in [7, 11) is 0. The minimum atomic E-state index is 0.0563. The van der Waals surface area contributed by atoms with Crippen molar-refractivity contribution in [3.05, 3.63) is 78.0 Å². The zero-order valence-electron chi connectivity index (χ0n) is 14.2. The largest absolute Gasteiger partial charge is 0.338 e. The first-order valence-corrected chi connectivity index (χ1v) is 8.51. The number of carbonyl (C=O) groups excluding carboxylic acids is 1. The van der Waals surface area contributed by atoms with E-state index in [2.05, 4.69) is 41.2 Å². The van der Waals surface area contributed by atoms with Gasteiger partial charge in [0, 0.05) is 37.6 Å². The molecule has 0 N–H and O–H groups in total. The number of hydrogen-bond donors (Lipinski definition) is 0. The standard InChI is InChI=1S/C20H20N4O/c1-15-4-2-3-5-18(15)17-8-10-23(13-17)20(25)16-6-7-19(22-12-16)24-11-9-21-14-24/h2-7,9,11-12,14,17H,8,10,13H2,1H3. The molecular weight excluding hydrogens is 312 g/mol. The van der Waals surface area contributed by atoms with Gasteiger partial charge in [0.15, 0.2) is 0 Å². The smallest absolute Gasteiger partial charge is 0.255 e. The molecule has 5 nitrogen and oxygen atoms in total. The fourth-order valence-corrected chi connectivity index (χ4v) is 3.49. The van der Waals surface area contributed by atoms with Crippen molar-refractivity contribution in [1.82, 2.24) is 19.4 Å². The molecule has 0 spiro atoms. The summed E-state index contributed by atoms with van der Waals surface area (Å²) < 4.78 is 1.82. The molecular formula is C20H20N4O. The number of amides is 1. The Labute approximate surface area is 147 Å². The summed E-state index contributed by atoms with van der Waals surface area (Å²) in [6.45, 7) is 3.70. The molecule has 1 aliphatic rings. The predicted molar refractivity (Wildman–Crippen MR) is 95.8 cm³/mol. The fourth-order valence-electron chi connectivity index (χ4n) is 3.49. The van der Waals surface area contributed by atoms with E-state index in [1.165, 1.54) is 11.1 Å². The summed E-state index contributed by atoms with van der Waals surface area (Å²) in [6, 6.07) is 12.1. The predicted octanol–water partition coefficient (Wildman–Crippen LogP) is 3.21. The molecule has 1 aromatic carbocycles. The van der Waals surface area contributed by atoms with Crippen LogP contribution in [0.4, 0.5) is 0 Å². The SMILES string of the molecule is Cc1ccccc1C1CCN(C(=O)c2ccc(-n3ccnc3)nc2)C1. The monoisotopic (exact) mass is 332 g/mol. The van der Waals surface area contributed by atoms with Gasteiger partial charge in [-0.05, 0) is 36.6 Å². The molecule has 1 aliphatic heterocycles. The number of pyridine rings is 1. The second-order valence-corrected chi connectivity index (χ2v) is 6.47. The Morgan fingerprint density at radius 3 is 2.80 bits per heavy atom. The van der Waals surface area contributed by atoms with Crippen molar-refractivity contribution < 1.29 is 4.79 Å². The van der Waals surface area contributed by atoms with Crippen LogP contribution in [0.15, 0.2) is 61.3 Å². The Morgan fingerprint density at radius 2 is 2.08 bits per heavy atom. The molecule has 0 bridgehead atoms. The van der Waals surface area contributed by atoms with Crippen LogP contribution in [0, 0.1) is 6.92 Å². The van der Waals surface area contributed by atoms with E-state index < -0.39 is 0 Å². The molecule has 5 heteroatoms.